The molecule has 2 aromatic rings. The molecule has 6 nitrogen and oxygen atoms in total. The van der Waals surface area contributed by atoms with E-state index in [0.717, 1.165) is 10.8 Å². The number of primary amides is 1. The summed E-state index contributed by atoms with van der Waals surface area (Å²) in [6, 6.07) is 12.1. The van der Waals surface area contributed by atoms with Crippen LogP contribution in [0.5, 0.6) is 0 Å². The van der Waals surface area contributed by atoms with Gasteiger partial charge in [0.05, 0.1) is 5.56 Å². The number of urea groups is 1. The third kappa shape index (κ3) is 4.91. The van der Waals surface area contributed by atoms with Gasteiger partial charge in [-0.05, 0) is 35.1 Å². The first-order valence-corrected chi connectivity index (χ1v) is 5.89. The van der Waals surface area contributed by atoms with E-state index in [4.69, 9.17) is 10.8 Å². The van der Waals surface area contributed by atoms with Crippen molar-refractivity contribution in [1.29, 1.82) is 0 Å². The molecule has 0 bridgehead atoms. The van der Waals surface area contributed by atoms with Gasteiger partial charge in [-0.3, -0.25) is 5.32 Å². The molecule has 6 N–H and O–H groups in total. The highest BCUT2D eigenvalue weighted by Gasteiger charge is 2.01. The number of aromatic carboxylic acids is 1. The van der Waals surface area contributed by atoms with Crippen LogP contribution >= 0.6 is 12.2 Å². The number of hydrogen-bond acceptors (Lipinski definition) is 3. The van der Waals surface area contributed by atoms with Gasteiger partial charge in [-0.1, -0.05) is 30.3 Å². The van der Waals surface area contributed by atoms with Gasteiger partial charge in [0, 0.05) is 0 Å². The number of amides is 2. The number of nitrogens with one attached hydrogen (secondary N) is 1. The Morgan fingerprint density at radius 2 is 1.65 bits per heavy atom. The highest BCUT2D eigenvalue weighted by Crippen LogP contribution is 2.15. The molecule has 0 atom stereocenters. The molecule has 0 unspecified atom stereocenters. The summed E-state index contributed by atoms with van der Waals surface area (Å²) in [7, 11) is 0. The number of benzene rings is 2. The molecule has 0 radical (unpaired) electrons. The lowest BCUT2D eigenvalue weighted by Gasteiger charge is -1.98. The van der Waals surface area contributed by atoms with E-state index < -0.39 is 12.0 Å². The monoisotopic (exact) mass is 291 g/mol. The summed E-state index contributed by atoms with van der Waals surface area (Å²) in [5, 5.41) is 12.6. The smallest absolute Gasteiger partial charge is 0.335 e. The van der Waals surface area contributed by atoms with Crippen LogP contribution in [0.3, 0.4) is 0 Å². The van der Waals surface area contributed by atoms with Crippen LogP contribution in [0.15, 0.2) is 42.5 Å². The molecule has 7 heteroatoms. The third-order valence-electron chi connectivity index (χ3n) is 2.24. The molecule has 0 saturated heterocycles. The van der Waals surface area contributed by atoms with Gasteiger partial charge in [-0.2, -0.15) is 0 Å². The highest BCUT2D eigenvalue weighted by atomic mass is 32.1. The van der Waals surface area contributed by atoms with Crippen LogP contribution in [0, 0.1) is 0 Å². The van der Waals surface area contributed by atoms with Gasteiger partial charge in [-0.25, -0.2) is 9.59 Å². The van der Waals surface area contributed by atoms with E-state index in [1.54, 1.807) is 12.1 Å². The molecule has 0 aliphatic rings. The van der Waals surface area contributed by atoms with Crippen molar-refractivity contribution in [2.75, 3.05) is 0 Å². The number of carbonyl (C=O) groups is 2. The fourth-order valence-corrected chi connectivity index (χ4v) is 1.54. The zero-order chi connectivity index (χ0) is 15.1. The molecule has 0 aromatic heterocycles. The Bertz CT molecular complexity index is 646. The second kappa shape index (κ2) is 7.05. The van der Waals surface area contributed by atoms with Gasteiger partial charge in [-0.15, -0.1) is 0 Å². The van der Waals surface area contributed by atoms with Crippen LogP contribution < -0.4 is 16.8 Å². The lowest BCUT2D eigenvalue weighted by atomic mass is 10.1. The van der Waals surface area contributed by atoms with Crippen LogP contribution in [0.4, 0.5) is 4.79 Å². The first-order valence-electron chi connectivity index (χ1n) is 5.48. The summed E-state index contributed by atoms with van der Waals surface area (Å²) in [5.74, 6) is -0.884. The predicted octanol–water partition coefficient (Wildman–Crippen LogP) is 1.44. The van der Waals surface area contributed by atoms with Crippen molar-refractivity contribution in [1.82, 2.24) is 5.32 Å². The molecular weight excluding hydrogens is 278 g/mol. The standard InChI is InChI=1S/C11H8O2.C2H5N3OS/c12-11(13)10-6-5-8-3-1-2-4-9(8)7-10;3-1(6)5-2(4)7/h1-7H,(H,12,13);(H5,3,4,5,6,7). The molecule has 2 aromatic carbocycles. The van der Waals surface area contributed by atoms with Crippen molar-refractivity contribution in [3.63, 3.8) is 0 Å². The first kappa shape index (κ1) is 15.4. The minimum Gasteiger partial charge on any atom is -0.478 e. The number of carbonyl (C=O) groups excluding carboxylic acids is 1. The van der Waals surface area contributed by atoms with E-state index in [9.17, 15) is 9.59 Å². The van der Waals surface area contributed by atoms with Gasteiger partial charge < -0.3 is 16.6 Å². The van der Waals surface area contributed by atoms with E-state index in [-0.39, 0.29) is 5.11 Å². The fraction of sp³-hybridized carbons (Fsp3) is 0. The number of carboxylic acids is 1. The maximum Gasteiger partial charge on any atom is 0.335 e. The van der Waals surface area contributed by atoms with Crippen molar-refractivity contribution >= 4 is 40.1 Å². The van der Waals surface area contributed by atoms with Crippen molar-refractivity contribution in [3.8, 4) is 0 Å². The zero-order valence-electron chi connectivity index (χ0n) is 10.4. The van der Waals surface area contributed by atoms with Crippen LogP contribution in [0.2, 0.25) is 0 Å². The molecular formula is C13H13N3O3S. The van der Waals surface area contributed by atoms with Crippen molar-refractivity contribution in [2.24, 2.45) is 11.5 Å². The quantitative estimate of drug-likeness (QED) is 0.593. The van der Waals surface area contributed by atoms with Crippen molar-refractivity contribution in [3.05, 3.63) is 48.0 Å². The zero-order valence-corrected chi connectivity index (χ0v) is 11.2. The van der Waals surface area contributed by atoms with Crippen LogP contribution in [0.1, 0.15) is 10.4 Å². The van der Waals surface area contributed by atoms with Crippen LogP contribution in [-0.4, -0.2) is 22.2 Å². The fourth-order valence-electron chi connectivity index (χ4n) is 1.44. The lowest BCUT2D eigenvalue weighted by Crippen LogP contribution is -2.38. The van der Waals surface area contributed by atoms with Gasteiger partial charge >= 0.3 is 12.0 Å². The van der Waals surface area contributed by atoms with Gasteiger partial charge in [0.15, 0.2) is 5.11 Å². The number of fused-ring (bicyclic) bond motifs is 1. The van der Waals surface area contributed by atoms with Gasteiger partial charge in [0.25, 0.3) is 0 Å². The number of hydrogen-bond donors (Lipinski definition) is 4. The summed E-state index contributed by atoms with van der Waals surface area (Å²) in [6.07, 6.45) is 0. The van der Waals surface area contributed by atoms with E-state index in [0.29, 0.717) is 5.56 Å². The largest absolute Gasteiger partial charge is 0.478 e. The van der Waals surface area contributed by atoms with Crippen LogP contribution in [-0.2, 0) is 0 Å². The number of nitrogens with two attached hydrogens (primary N) is 2. The second-order valence-corrected chi connectivity index (χ2v) is 4.16. The molecule has 0 saturated carbocycles. The minimum atomic E-state index is -0.884. The summed E-state index contributed by atoms with van der Waals surface area (Å²) < 4.78 is 0. The molecule has 0 aliphatic heterocycles. The molecule has 104 valence electrons. The lowest BCUT2D eigenvalue weighted by molar-refractivity contribution is 0.0697. The van der Waals surface area contributed by atoms with Crippen molar-refractivity contribution in [2.45, 2.75) is 0 Å². The Balaban J connectivity index is 0.000000246. The second-order valence-electron chi connectivity index (χ2n) is 3.72. The summed E-state index contributed by atoms with van der Waals surface area (Å²) in [5.41, 5.74) is 9.72. The molecule has 0 aliphatic carbocycles. The predicted molar refractivity (Wildman–Crippen MR) is 80.4 cm³/mol. The van der Waals surface area contributed by atoms with Gasteiger partial charge in [0.1, 0.15) is 0 Å². The van der Waals surface area contributed by atoms with E-state index in [1.807, 2.05) is 35.6 Å². The Labute approximate surface area is 120 Å². The third-order valence-corrected chi connectivity index (χ3v) is 2.34. The molecule has 2 rings (SSSR count). The molecule has 0 spiro atoms. The summed E-state index contributed by atoms with van der Waals surface area (Å²) in [4.78, 5) is 20.4. The maximum atomic E-state index is 10.6. The average molecular weight is 291 g/mol. The number of thiocarbonyl (C=S) groups is 1. The Morgan fingerprint density at radius 3 is 2.10 bits per heavy atom. The maximum absolute atomic E-state index is 10.6. The SMILES string of the molecule is NC(=O)NC(N)=S.O=C(O)c1ccc2ccccc2c1. The molecule has 20 heavy (non-hydrogen) atoms. The summed E-state index contributed by atoms with van der Waals surface area (Å²) >= 11 is 4.24. The average Bonchev–Trinajstić information content (AvgIpc) is 2.37. The normalized spacial score (nSPS) is 9.20. The molecule has 0 heterocycles. The first-order chi connectivity index (χ1) is 9.40. The molecule has 0 fully saturated rings. The number of carboxylic acid groups (broad SMARTS) is 1. The summed E-state index contributed by atoms with van der Waals surface area (Å²) in [6.45, 7) is 0. The number of rotatable bonds is 1. The Kier molecular flexibility index (Phi) is 5.42. The van der Waals surface area contributed by atoms with Crippen LogP contribution in [0.25, 0.3) is 10.8 Å². The molecule has 2 amide bonds. The van der Waals surface area contributed by atoms with Crippen molar-refractivity contribution < 1.29 is 14.7 Å². The van der Waals surface area contributed by atoms with E-state index >= 15 is 0 Å². The highest BCUT2D eigenvalue weighted by molar-refractivity contribution is 7.80. The van der Waals surface area contributed by atoms with E-state index in [1.165, 1.54) is 0 Å². The Hall–Kier alpha value is -2.67. The van der Waals surface area contributed by atoms with Gasteiger partial charge in [0.2, 0.25) is 0 Å². The Morgan fingerprint density at radius 1 is 1.05 bits per heavy atom. The van der Waals surface area contributed by atoms with E-state index in [2.05, 4.69) is 18.0 Å². The topological polar surface area (TPSA) is 118 Å². The minimum absolute atomic E-state index is 0.104.